The molecule has 0 heterocycles. The average Bonchev–Trinajstić information content (AvgIpc) is 3.23. The third-order valence-electron chi connectivity index (χ3n) is 8.14. The van der Waals surface area contributed by atoms with Crippen molar-refractivity contribution >= 4 is 29.6 Å². The second-order valence-corrected chi connectivity index (χ2v) is 14.3. The number of hydrazine groups is 1. The molecule has 0 fully saturated rings. The van der Waals surface area contributed by atoms with E-state index in [1.807, 2.05) is 60.8 Å². The first-order valence-corrected chi connectivity index (χ1v) is 20.5. The highest BCUT2D eigenvalue weighted by Crippen LogP contribution is 2.48. The van der Waals surface area contributed by atoms with E-state index in [2.05, 4.69) is 50.9 Å². The summed E-state index contributed by atoms with van der Waals surface area (Å²) in [6.45, 7) is 10.6. The Kier molecular flexibility index (Phi) is 24.7. The van der Waals surface area contributed by atoms with Crippen LogP contribution >= 0.6 is 11.0 Å². The van der Waals surface area contributed by atoms with Crippen molar-refractivity contribution in [2.24, 2.45) is 15.9 Å². The highest BCUT2D eigenvalue weighted by Gasteiger charge is 2.28. The number of hydrazone groups is 1. The summed E-state index contributed by atoms with van der Waals surface area (Å²) in [7, 11) is 0.414. The lowest BCUT2D eigenvalue weighted by molar-refractivity contribution is 0.0768. The summed E-state index contributed by atoms with van der Waals surface area (Å²) in [5.41, 5.74) is 5.72. The van der Waals surface area contributed by atoms with E-state index in [9.17, 15) is 0 Å². The van der Waals surface area contributed by atoms with Crippen LogP contribution in [0.15, 0.2) is 82.9 Å². The van der Waals surface area contributed by atoms with E-state index in [-0.39, 0.29) is 13.2 Å². The lowest BCUT2D eigenvalue weighted by Crippen LogP contribution is -2.42. The van der Waals surface area contributed by atoms with Gasteiger partial charge in [0.15, 0.2) is 0 Å². The zero-order chi connectivity index (χ0) is 39.9. The fraction of sp³-hybridized carbons (Fsp3) is 0.475. The molecular formula is C40H63N9O6S. The number of nitrogens with one attached hydrogen (secondary N) is 5. The first-order chi connectivity index (χ1) is 27.6. The third-order valence-corrected chi connectivity index (χ3v) is 10.2. The zero-order valence-corrected chi connectivity index (χ0v) is 34.1. The molecule has 3 aromatic rings. The topological polar surface area (TPSA) is 181 Å². The highest BCUT2D eigenvalue weighted by molar-refractivity contribution is 8.22. The van der Waals surface area contributed by atoms with Crippen LogP contribution in [0.5, 0.6) is 0 Å². The van der Waals surface area contributed by atoms with Crippen LogP contribution in [0.1, 0.15) is 40.3 Å². The van der Waals surface area contributed by atoms with Crippen molar-refractivity contribution in [2.75, 3.05) is 99.8 Å². The quantitative estimate of drug-likeness (QED) is 0.0228. The maximum absolute atomic E-state index is 7.85. The summed E-state index contributed by atoms with van der Waals surface area (Å²) in [5.74, 6) is 6.75. The molecule has 0 spiro atoms. The molecule has 0 unspecified atom stereocenters. The third kappa shape index (κ3) is 18.1. The van der Waals surface area contributed by atoms with E-state index < -0.39 is 11.0 Å². The molecule has 0 saturated carbocycles. The average molecular weight is 798 g/mol. The van der Waals surface area contributed by atoms with E-state index in [1.165, 1.54) is 16.3 Å². The van der Waals surface area contributed by atoms with E-state index in [4.69, 9.17) is 43.6 Å². The lowest BCUT2D eigenvalue weighted by Gasteiger charge is -2.46. The largest absolute Gasteiger partial charge is 0.383 e. The highest BCUT2D eigenvalue weighted by atomic mass is 32.3. The van der Waals surface area contributed by atoms with Gasteiger partial charge in [0.05, 0.1) is 65.6 Å². The molecule has 0 atom stereocenters. The Morgan fingerprint density at radius 3 is 1.80 bits per heavy atom. The number of hydrogen-bond acceptors (Lipinski definition) is 15. The summed E-state index contributed by atoms with van der Waals surface area (Å²) >= 11 is 0. The molecule has 0 aliphatic heterocycles. The van der Waals surface area contributed by atoms with Crippen LogP contribution in [0.25, 0.3) is 0 Å². The van der Waals surface area contributed by atoms with Gasteiger partial charge in [0, 0.05) is 77.0 Å². The minimum absolute atomic E-state index is 0.170. The lowest BCUT2D eigenvalue weighted by atomic mass is 10.1. The second kappa shape index (κ2) is 29.6. The van der Waals surface area contributed by atoms with Gasteiger partial charge < -0.3 is 40.3 Å². The number of rotatable bonds is 33. The maximum atomic E-state index is 7.85. The van der Waals surface area contributed by atoms with Gasteiger partial charge in [0.1, 0.15) is 0 Å². The van der Waals surface area contributed by atoms with E-state index >= 15 is 0 Å². The maximum Gasteiger partial charge on any atom is 0.0983 e. The predicted molar refractivity (Wildman–Crippen MR) is 227 cm³/mol. The Morgan fingerprint density at radius 2 is 1.20 bits per heavy atom. The molecule has 0 aliphatic carbocycles. The Hall–Kier alpha value is -3.62. The molecule has 0 radical (unpaired) electrons. The van der Waals surface area contributed by atoms with Crippen LogP contribution in [0.3, 0.4) is 0 Å². The van der Waals surface area contributed by atoms with Gasteiger partial charge in [-0.1, -0.05) is 79.7 Å². The van der Waals surface area contributed by atoms with Gasteiger partial charge in [-0.15, -0.1) is 9.62 Å². The first kappa shape index (κ1) is 46.8. The van der Waals surface area contributed by atoms with Gasteiger partial charge in [-0.2, -0.15) is 4.72 Å². The molecule has 0 bridgehead atoms. The summed E-state index contributed by atoms with van der Waals surface area (Å²) < 4.78 is 39.6. The van der Waals surface area contributed by atoms with Crippen LogP contribution in [0, 0.1) is 5.41 Å². The van der Waals surface area contributed by atoms with E-state index in [0.717, 1.165) is 48.4 Å². The smallest absolute Gasteiger partial charge is 0.0983 e. The molecule has 3 aromatic carbocycles. The monoisotopic (exact) mass is 797 g/mol. The molecule has 310 valence electrons. The van der Waals surface area contributed by atoms with Gasteiger partial charge in [0.25, 0.3) is 0 Å². The number of nitrogens with zero attached hydrogens (tertiary/aromatic N) is 3. The molecular weight excluding hydrogens is 735 g/mol. The minimum Gasteiger partial charge on any atom is -0.383 e. The van der Waals surface area contributed by atoms with Crippen molar-refractivity contribution < 1.29 is 27.3 Å². The summed E-state index contributed by atoms with van der Waals surface area (Å²) in [6.07, 6.45) is 4.80. The van der Waals surface area contributed by atoms with Gasteiger partial charge in [-0.3, -0.25) is 4.99 Å². The van der Waals surface area contributed by atoms with Crippen LogP contribution in [-0.2, 0) is 46.9 Å². The molecule has 3 rings (SSSR count). The molecule has 0 saturated heterocycles. The van der Waals surface area contributed by atoms with Crippen molar-refractivity contribution in [3.63, 3.8) is 0 Å². The van der Waals surface area contributed by atoms with Crippen molar-refractivity contribution in [2.45, 2.75) is 26.6 Å². The molecule has 0 aromatic heterocycles. The number of hydrogen-bond donors (Lipinski definition) is 6. The van der Waals surface area contributed by atoms with Gasteiger partial charge in [-0.05, 0) is 39.8 Å². The Bertz CT molecular complexity index is 1530. The Balaban J connectivity index is 1.82. The molecule has 0 amide bonds. The number of ether oxygens (including phenoxy) is 4. The van der Waals surface area contributed by atoms with Crippen LogP contribution in [-0.4, -0.2) is 123 Å². The number of methoxy groups -OCH3 is 2. The molecule has 56 heavy (non-hydrogen) atoms. The van der Waals surface area contributed by atoms with Crippen molar-refractivity contribution in [1.29, 1.82) is 5.41 Å². The van der Waals surface area contributed by atoms with Crippen molar-refractivity contribution in [3.05, 3.63) is 106 Å². The fourth-order valence-corrected chi connectivity index (χ4v) is 6.79. The minimum atomic E-state index is -2.93. The molecule has 0 aliphatic rings. The summed E-state index contributed by atoms with van der Waals surface area (Å²) in [6, 6.07) is 23.8. The van der Waals surface area contributed by atoms with Gasteiger partial charge in [0.2, 0.25) is 0 Å². The van der Waals surface area contributed by atoms with E-state index in [0.29, 0.717) is 71.4 Å². The molecule has 15 nitrogen and oxygen atoms in total. The van der Waals surface area contributed by atoms with Crippen molar-refractivity contribution in [3.8, 4) is 0 Å². The van der Waals surface area contributed by atoms with Crippen molar-refractivity contribution in [1.82, 2.24) is 25.2 Å². The summed E-state index contributed by atoms with van der Waals surface area (Å²) in [4.78, 5) is 4.83. The Morgan fingerprint density at radius 1 is 0.643 bits per heavy atom. The number of aliphatic imine (C=N–C) groups is 1. The summed E-state index contributed by atoms with van der Waals surface area (Å²) in [5, 5.41) is 22.4. The fourth-order valence-electron chi connectivity index (χ4n) is 5.11. The predicted octanol–water partition coefficient (Wildman–Crippen LogP) is 3.72. The first-order valence-electron chi connectivity index (χ1n) is 19.0. The van der Waals surface area contributed by atoms with Gasteiger partial charge in [-0.25, -0.2) is 14.2 Å². The second-order valence-electron chi connectivity index (χ2n) is 12.2. The normalized spacial score (nSPS) is 12.2. The van der Waals surface area contributed by atoms with Crippen LogP contribution in [0.4, 0.5) is 0 Å². The number of nitrogens with two attached hydrogens (primary N) is 1. The van der Waals surface area contributed by atoms with Crippen LogP contribution < -0.4 is 26.5 Å². The van der Waals surface area contributed by atoms with Crippen LogP contribution in [0.2, 0.25) is 0 Å². The SMILES string of the molecule is CCNCc1ccccc1C=NCc1ccccc1CNS(OCCOCCNCCOC)(OCCOCCNCCOC)N(N)/N=C/c1ccccc1C=N. The van der Waals surface area contributed by atoms with E-state index in [1.54, 1.807) is 20.4 Å². The number of benzene rings is 3. The zero-order valence-electron chi connectivity index (χ0n) is 33.3. The molecule has 16 heteroatoms. The molecule has 7 N–H and O–H groups in total. The Labute approximate surface area is 335 Å². The standard InChI is InChI=1S/C40H63N9O6S/c1-4-43-30-36-12-7-8-13-37(36)31-46-32-38-14-9-10-16-40(38)34-48-56(54-27-25-52-23-19-44-17-21-50-2,55-28-26-53-24-20-45-18-22-51-3)49(42)47-33-39-15-6-5-11-35(39)29-41/h5-16,29,31,33,41,43-45,48H,4,17-28,30,32,34,42H2,1-3H3/b41-29?,46-31?,47-33+. The van der Waals surface area contributed by atoms with Gasteiger partial charge >= 0.3 is 0 Å².